The average molecular weight is 397 g/mol. The summed E-state index contributed by atoms with van der Waals surface area (Å²) in [5.74, 6) is 1.86. The second-order valence-electron chi connectivity index (χ2n) is 7.30. The van der Waals surface area contributed by atoms with Gasteiger partial charge in [-0.05, 0) is 52.2 Å². The number of hydrogen-bond acceptors (Lipinski definition) is 6. The summed E-state index contributed by atoms with van der Waals surface area (Å²) in [6.45, 7) is 0. The number of methoxy groups -OCH3 is 2. The number of fused-ring (bicyclic) bond motifs is 1. The summed E-state index contributed by atoms with van der Waals surface area (Å²) in [7, 11) is 9.18. The number of aromatic amines is 1. The summed E-state index contributed by atoms with van der Waals surface area (Å²) >= 11 is 0. The van der Waals surface area contributed by atoms with Crippen molar-refractivity contribution in [1.82, 2.24) is 19.9 Å². The van der Waals surface area contributed by atoms with Crippen LogP contribution in [0.15, 0.2) is 30.6 Å². The van der Waals surface area contributed by atoms with Gasteiger partial charge in [-0.25, -0.2) is 9.97 Å². The highest BCUT2D eigenvalue weighted by molar-refractivity contribution is 5.99. The Kier molecular flexibility index (Phi) is 6.33. The molecule has 3 heterocycles. The van der Waals surface area contributed by atoms with Crippen LogP contribution in [-0.2, 0) is 4.79 Å². The Morgan fingerprint density at radius 2 is 1.90 bits per heavy atom. The lowest BCUT2D eigenvalue weighted by Gasteiger charge is -2.11. The van der Waals surface area contributed by atoms with Crippen molar-refractivity contribution in [2.45, 2.75) is 12.8 Å². The van der Waals surface area contributed by atoms with Gasteiger partial charge in [0.1, 0.15) is 17.2 Å². The molecule has 1 saturated carbocycles. The number of ether oxygens (including phenoxy) is 2. The van der Waals surface area contributed by atoms with Crippen LogP contribution in [0.4, 0.5) is 5.82 Å². The third-order valence-electron chi connectivity index (χ3n) is 4.30. The molecule has 1 aliphatic rings. The third-order valence-corrected chi connectivity index (χ3v) is 4.30. The number of pyridine rings is 2. The summed E-state index contributed by atoms with van der Waals surface area (Å²) in [6, 6.07) is 5.51. The minimum Gasteiger partial charge on any atom is -0.496 e. The first kappa shape index (κ1) is 20.6. The number of hydrogen-bond donors (Lipinski definition) is 2. The zero-order valence-corrected chi connectivity index (χ0v) is 17.4. The predicted molar refractivity (Wildman–Crippen MR) is 113 cm³/mol. The van der Waals surface area contributed by atoms with Gasteiger partial charge in [0, 0.05) is 29.3 Å². The van der Waals surface area contributed by atoms with Crippen LogP contribution in [-0.4, -0.2) is 61.1 Å². The summed E-state index contributed by atoms with van der Waals surface area (Å²) in [5.41, 5.74) is 2.32. The minimum absolute atomic E-state index is 0.0363. The second-order valence-corrected chi connectivity index (χ2v) is 7.30. The molecular weight excluding hydrogens is 370 g/mol. The number of carbonyl (C=O) groups excluding carboxylic acids is 1. The molecule has 8 heteroatoms. The van der Waals surface area contributed by atoms with Crippen LogP contribution in [0.3, 0.4) is 0 Å². The smallest absolute Gasteiger partial charge is 0.228 e. The van der Waals surface area contributed by atoms with Gasteiger partial charge < -0.3 is 24.7 Å². The number of rotatable bonds is 5. The highest BCUT2D eigenvalue weighted by atomic mass is 16.5. The van der Waals surface area contributed by atoms with E-state index in [1.54, 1.807) is 32.5 Å². The zero-order chi connectivity index (χ0) is 21.0. The first-order chi connectivity index (χ1) is 13.9. The molecular formula is C21H27N5O3. The standard InChI is InChI=1S/C18H18N4O3.C3H9N/c1-24-13-7-8-19-18(25-2)15(13)12-9-20-16-11(12)5-6-14(21-16)22-17(23)10-3-4-10;1-4(2)3/h5-10H,3-4H2,1-2H3,(H2,20,21,22,23);1-3H3. The van der Waals surface area contributed by atoms with Crippen molar-refractivity contribution >= 4 is 22.8 Å². The molecule has 154 valence electrons. The molecule has 2 N–H and O–H groups in total. The first-order valence-corrected chi connectivity index (χ1v) is 9.41. The SMILES string of the molecule is CN(C)C.COc1ccnc(OC)c1-c1c[nH]c2nc(NC(=O)C3CC3)ccc12. The molecule has 4 rings (SSSR count). The molecule has 1 amide bonds. The van der Waals surface area contributed by atoms with E-state index in [4.69, 9.17) is 9.47 Å². The Morgan fingerprint density at radius 1 is 1.17 bits per heavy atom. The van der Waals surface area contributed by atoms with Crippen molar-refractivity contribution in [2.24, 2.45) is 5.92 Å². The lowest BCUT2D eigenvalue weighted by molar-refractivity contribution is -0.117. The molecule has 0 spiro atoms. The normalized spacial score (nSPS) is 13.0. The monoisotopic (exact) mass is 397 g/mol. The highest BCUT2D eigenvalue weighted by Gasteiger charge is 2.29. The van der Waals surface area contributed by atoms with Crippen LogP contribution in [0.5, 0.6) is 11.6 Å². The van der Waals surface area contributed by atoms with E-state index < -0.39 is 0 Å². The summed E-state index contributed by atoms with van der Waals surface area (Å²) in [4.78, 5) is 25.8. The maximum Gasteiger partial charge on any atom is 0.228 e. The lowest BCUT2D eigenvalue weighted by atomic mass is 10.1. The van der Waals surface area contributed by atoms with Crippen molar-refractivity contribution < 1.29 is 14.3 Å². The molecule has 0 unspecified atom stereocenters. The van der Waals surface area contributed by atoms with Crippen molar-refractivity contribution in [3.8, 4) is 22.8 Å². The van der Waals surface area contributed by atoms with Crippen molar-refractivity contribution in [1.29, 1.82) is 0 Å². The minimum atomic E-state index is 0.0363. The number of amides is 1. The van der Waals surface area contributed by atoms with Crippen LogP contribution >= 0.6 is 0 Å². The highest BCUT2D eigenvalue weighted by Crippen LogP contribution is 2.40. The molecule has 29 heavy (non-hydrogen) atoms. The molecule has 8 nitrogen and oxygen atoms in total. The largest absolute Gasteiger partial charge is 0.496 e. The summed E-state index contributed by atoms with van der Waals surface area (Å²) in [6.07, 6.45) is 5.40. The maximum atomic E-state index is 11.9. The third kappa shape index (κ3) is 4.83. The molecule has 0 aliphatic heterocycles. The second kappa shape index (κ2) is 8.91. The van der Waals surface area contributed by atoms with Gasteiger partial charge in [-0.15, -0.1) is 0 Å². The van der Waals surface area contributed by atoms with Crippen LogP contribution in [0.25, 0.3) is 22.2 Å². The van der Waals surface area contributed by atoms with Gasteiger partial charge in [-0.2, -0.15) is 0 Å². The Balaban J connectivity index is 0.000000552. The summed E-state index contributed by atoms with van der Waals surface area (Å²) in [5, 5.41) is 3.76. The van der Waals surface area contributed by atoms with Gasteiger partial charge in [-0.1, -0.05) is 0 Å². The van der Waals surface area contributed by atoms with Crippen LogP contribution in [0, 0.1) is 5.92 Å². The van der Waals surface area contributed by atoms with Crippen LogP contribution in [0.1, 0.15) is 12.8 Å². The molecule has 0 saturated heterocycles. The Bertz CT molecular complexity index is 970. The van der Waals surface area contributed by atoms with Crippen molar-refractivity contribution in [3.63, 3.8) is 0 Å². The van der Waals surface area contributed by atoms with Crippen LogP contribution in [0.2, 0.25) is 0 Å². The molecule has 3 aromatic heterocycles. The van der Waals surface area contributed by atoms with Crippen molar-refractivity contribution in [3.05, 3.63) is 30.6 Å². The van der Waals surface area contributed by atoms with E-state index in [0.717, 1.165) is 29.4 Å². The van der Waals surface area contributed by atoms with Gasteiger partial charge in [0.05, 0.1) is 19.8 Å². The number of H-pyrrole nitrogens is 1. The van der Waals surface area contributed by atoms with E-state index in [1.165, 1.54) is 0 Å². The summed E-state index contributed by atoms with van der Waals surface area (Å²) < 4.78 is 10.8. The van der Waals surface area contributed by atoms with Crippen LogP contribution < -0.4 is 14.8 Å². The van der Waals surface area contributed by atoms with E-state index in [0.29, 0.717) is 23.1 Å². The number of anilines is 1. The zero-order valence-electron chi connectivity index (χ0n) is 17.4. The fraction of sp³-hybridized carbons (Fsp3) is 0.381. The van der Waals surface area contributed by atoms with Gasteiger partial charge in [0.15, 0.2) is 0 Å². The van der Waals surface area contributed by atoms with E-state index in [-0.39, 0.29) is 11.8 Å². The Hall–Kier alpha value is -3.13. The lowest BCUT2D eigenvalue weighted by Crippen LogP contribution is -2.14. The number of nitrogens with zero attached hydrogens (tertiary/aromatic N) is 3. The molecule has 0 atom stereocenters. The van der Waals surface area contributed by atoms with Gasteiger partial charge in [-0.3, -0.25) is 4.79 Å². The van der Waals surface area contributed by atoms with E-state index in [1.807, 2.05) is 38.3 Å². The van der Waals surface area contributed by atoms with Crippen molar-refractivity contribution in [2.75, 3.05) is 40.7 Å². The molecule has 0 aromatic carbocycles. The molecule has 3 aromatic rings. The van der Waals surface area contributed by atoms with Gasteiger partial charge in [0.2, 0.25) is 11.8 Å². The first-order valence-electron chi connectivity index (χ1n) is 9.41. The van der Waals surface area contributed by atoms with Gasteiger partial charge in [0.25, 0.3) is 0 Å². The average Bonchev–Trinajstić information content (AvgIpc) is 3.47. The predicted octanol–water partition coefficient (Wildman–Crippen LogP) is 3.17. The molecule has 1 fully saturated rings. The number of carbonyl (C=O) groups is 1. The molecule has 1 aliphatic carbocycles. The van der Waals surface area contributed by atoms with E-state index in [2.05, 4.69) is 20.3 Å². The Morgan fingerprint density at radius 3 is 2.52 bits per heavy atom. The number of aromatic nitrogens is 3. The fourth-order valence-electron chi connectivity index (χ4n) is 2.85. The quantitative estimate of drug-likeness (QED) is 0.687. The molecule has 0 radical (unpaired) electrons. The van der Waals surface area contributed by atoms with E-state index >= 15 is 0 Å². The topological polar surface area (TPSA) is 92.4 Å². The van der Waals surface area contributed by atoms with E-state index in [9.17, 15) is 4.79 Å². The Labute approximate surface area is 170 Å². The number of nitrogens with one attached hydrogen (secondary N) is 2. The fourth-order valence-corrected chi connectivity index (χ4v) is 2.85. The maximum absolute atomic E-state index is 11.9. The van der Waals surface area contributed by atoms with Gasteiger partial charge >= 0.3 is 0 Å². The molecule has 0 bridgehead atoms.